The number of fused-ring (bicyclic) bond motifs is 1. The Bertz CT molecular complexity index is 244. The minimum absolute atomic E-state index is 0. The standard InChI is InChI=1S/C8H8N2.BrH/c1-2-4-8-7(3-1)5-9-6-10-8;/h1-4,6H,5H2,(H,9,10);1H. The van der Waals surface area contributed by atoms with Crippen molar-refractivity contribution in [3.8, 4) is 0 Å². The van der Waals surface area contributed by atoms with Gasteiger partial charge in [-0.25, -0.2) is 0 Å². The highest BCUT2D eigenvalue weighted by atomic mass is 79.9. The summed E-state index contributed by atoms with van der Waals surface area (Å²) < 4.78 is 0. The third kappa shape index (κ3) is 1.60. The first-order valence-corrected chi connectivity index (χ1v) is 3.29. The first kappa shape index (κ1) is 8.27. The molecule has 0 saturated heterocycles. The zero-order valence-corrected chi connectivity index (χ0v) is 7.66. The summed E-state index contributed by atoms with van der Waals surface area (Å²) in [7, 11) is 0. The number of benzene rings is 1. The molecule has 0 radical (unpaired) electrons. The number of nitrogens with one attached hydrogen (secondary N) is 1. The van der Waals surface area contributed by atoms with Gasteiger partial charge in [-0.15, -0.1) is 17.0 Å². The number of rotatable bonds is 0. The number of halogens is 1. The predicted octanol–water partition coefficient (Wildman–Crippen LogP) is 2.22. The van der Waals surface area contributed by atoms with Gasteiger partial charge in [-0.2, -0.15) is 0 Å². The van der Waals surface area contributed by atoms with Crippen LogP contribution in [0, 0.1) is 0 Å². The Hall–Kier alpha value is -0.830. The molecule has 1 N–H and O–H groups in total. The van der Waals surface area contributed by atoms with Gasteiger partial charge in [-0.1, -0.05) is 18.2 Å². The first-order chi connectivity index (χ1) is 4.97. The average molecular weight is 213 g/mol. The van der Waals surface area contributed by atoms with Gasteiger partial charge in [0.25, 0.3) is 0 Å². The molecule has 0 aromatic heterocycles. The van der Waals surface area contributed by atoms with E-state index in [0.717, 1.165) is 6.54 Å². The lowest BCUT2D eigenvalue weighted by atomic mass is 10.1. The molecule has 0 unspecified atom stereocenters. The summed E-state index contributed by atoms with van der Waals surface area (Å²) >= 11 is 0. The van der Waals surface area contributed by atoms with Gasteiger partial charge in [-0.3, -0.25) is 4.99 Å². The third-order valence-electron chi connectivity index (χ3n) is 1.59. The lowest BCUT2D eigenvalue weighted by Crippen LogP contribution is -2.03. The van der Waals surface area contributed by atoms with Crippen LogP contribution in [0.1, 0.15) is 5.56 Å². The van der Waals surface area contributed by atoms with Crippen molar-refractivity contribution in [3.05, 3.63) is 29.8 Å². The Kier molecular flexibility index (Phi) is 2.65. The fourth-order valence-corrected chi connectivity index (χ4v) is 1.06. The number of hydrogen-bond donors (Lipinski definition) is 1. The average Bonchev–Trinajstić information content (AvgIpc) is 2.05. The first-order valence-electron chi connectivity index (χ1n) is 3.29. The predicted molar refractivity (Wildman–Crippen MR) is 52.6 cm³/mol. The van der Waals surface area contributed by atoms with Crippen molar-refractivity contribution in [2.24, 2.45) is 4.99 Å². The maximum atomic E-state index is 4.08. The van der Waals surface area contributed by atoms with Gasteiger partial charge < -0.3 is 5.32 Å². The molecule has 0 fully saturated rings. The van der Waals surface area contributed by atoms with Gasteiger partial charge in [0.2, 0.25) is 0 Å². The van der Waals surface area contributed by atoms with Gasteiger partial charge in [0.05, 0.1) is 12.9 Å². The molecule has 0 spiro atoms. The van der Waals surface area contributed by atoms with E-state index >= 15 is 0 Å². The molecule has 0 amide bonds. The Morgan fingerprint density at radius 3 is 2.91 bits per heavy atom. The Labute approximate surface area is 76.1 Å². The van der Waals surface area contributed by atoms with Crippen molar-refractivity contribution >= 4 is 29.0 Å². The van der Waals surface area contributed by atoms with Crippen LogP contribution in [-0.2, 0) is 6.54 Å². The number of para-hydroxylation sites is 1. The number of hydrogen-bond acceptors (Lipinski definition) is 2. The summed E-state index contributed by atoms with van der Waals surface area (Å²) in [5.74, 6) is 0. The van der Waals surface area contributed by atoms with Crippen molar-refractivity contribution < 1.29 is 0 Å². The van der Waals surface area contributed by atoms with Crippen molar-refractivity contribution in [1.82, 2.24) is 0 Å². The van der Waals surface area contributed by atoms with E-state index in [1.807, 2.05) is 12.1 Å². The highest BCUT2D eigenvalue weighted by molar-refractivity contribution is 8.93. The SMILES string of the molecule is Br.C1=NCc2ccccc2N1. The monoisotopic (exact) mass is 212 g/mol. The summed E-state index contributed by atoms with van der Waals surface area (Å²) in [6.07, 6.45) is 1.74. The van der Waals surface area contributed by atoms with Gasteiger partial charge in [0.1, 0.15) is 0 Å². The van der Waals surface area contributed by atoms with E-state index in [1.165, 1.54) is 11.3 Å². The second kappa shape index (κ2) is 3.53. The van der Waals surface area contributed by atoms with E-state index < -0.39 is 0 Å². The fraction of sp³-hybridized carbons (Fsp3) is 0.125. The van der Waals surface area contributed by atoms with E-state index in [9.17, 15) is 0 Å². The second-order valence-corrected chi connectivity index (χ2v) is 2.27. The van der Waals surface area contributed by atoms with Gasteiger partial charge >= 0.3 is 0 Å². The number of anilines is 1. The van der Waals surface area contributed by atoms with Gasteiger partial charge in [-0.05, 0) is 11.6 Å². The molecule has 0 atom stereocenters. The third-order valence-corrected chi connectivity index (χ3v) is 1.59. The van der Waals surface area contributed by atoms with E-state index in [-0.39, 0.29) is 17.0 Å². The molecule has 1 aromatic rings. The van der Waals surface area contributed by atoms with E-state index in [1.54, 1.807) is 6.34 Å². The van der Waals surface area contributed by atoms with Crippen molar-refractivity contribution in [1.29, 1.82) is 0 Å². The minimum Gasteiger partial charge on any atom is -0.346 e. The van der Waals surface area contributed by atoms with Crippen LogP contribution in [0.2, 0.25) is 0 Å². The maximum absolute atomic E-state index is 4.08. The summed E-state index contributed by atoms with van der Waals surface area (Å²) in [4.78, 5) is 4.08. The molecule has 1 aromatic carbocycles. The van der Waals surface area contributed by atoms with Crippen LogP contribution in [0.3, 0.4) is 0 Å². The maximum Gasteiger partial charge on any atom is 0.0872 e. The van der Waals surface area contributed by atoms with Crippen LogP contribution >= 0.6 is 17.0 Å². The molecule has 0 saturated carbocycles. The lowest BCUT2D eigenvalue weighted by molar-refractivity contribution is 1.06. The Balaban J connectivity index is 0.000000605. The van der Waals surface area contributed by atoms with Crippen molar-refractivity contribution in [2.75, 3.05) is 5.32 Å². The second-order valence-electron chi connectivity index (χ2n) is 2.27. The molecular formula is C8H9BrN2. The van der Waals surface area contributed by atoms with Crippen molar-refractivity contribution in [3.63, 3.8) is 0 Å². The lowest BCUT2D eigenvalue weighted by Gasteiger charge is -2.10. The summed E-state index contributed by atoms with van der Waals surface area (Å²) in [5, 5.41) is 3.07. The van der Waals surface area contributed by atoms with Crippen LogP contribution < -0.4 is 5.32 Å². The van der Waals surface area contributed by atoms with Gasteiger partial charge in [0.15, 0.2) is 0 Å². The summed E-state index contributed by atoms with van der Waals surface area (Å²) in [6.45, 7) is 0.809. The van der Waals surface area contributed by atoms with Crippen LogP contribution in [0.15, 0.2) is 29.3 Å². The molecule has 2 nitrogen and oxygen atoms in total. The molecule has 2 rings (SSSR count). The molecular weight excluding hydrogens is 204 g/mol. The molecule has 1 heterocycles. The molecule has 1 aliphatic heterocycles. The smallest absolute Gasteiger partial charge is 0.0872 e. The highest BCUT2D eigenvalue weighted by Gasteiger charge is 2.00. The topological polar surface area (TPSA) is 24.4 Å². The van der Waals surface area contributed by atoms with E-state index in [0.29, 0.717) is 0 Å². The minimum atomic E-state index is 0. The molecule has 3 heteroatoms. The number of nitrogens with zero attached hydrogens (tertiary/aromatic N) is 1. The number of aliphatic imine (C=N–C) groups is 1. The van der Waals surface area contributed by atoms with Gasteiger partial charge in [0, 0.05) is 5.69 Å². The van der Waals surface area contributed by atoms with Crippen LogP contribution in [-0.4, -0.2) is 6.34 Å². The van der Waals surface area contributed by atoms with Crippen LogP contribution in [0.25, 0.3) is 0 Å². The van der Waals surface area contributed by atoms with Crippen molar-refractivity contribution in [2.45, 2.75) is 6.54 Å². The molecule has 58 valence electrons. The Morgan fingerprint density at radius 1 is 1.27 bits per heavy atom. The van der Waals surface area contributed by atoms with E-state index in [2.05, 4.69) is 22.4 Å². The normalized spacial score (nSPS) is 12.7. The zero-order valence-electron chi connectivity index (χ0n) is 5.95. The molecule has 1 aliphatic rings. The summed E-state index contributed by atoms with van der Waals surface area (Å²) in [6, 6.07) is 8.19. The molecule has 11 heavy (non-hydrogen) atoms. The zero-order chi connectivity index (χ0) is 6.81. The Morgan fingerprint density at radius 2 is 2.09 bits per heavy atom. The molecule has 0 aliphatic carbocycles. The quantitative estimate of drug-likeness (QED) is 0.701. The fourth-order valence-electron chi connectivity index (χ4n) is 1.06. The molecule has 0 bridgehead atoms. The highest BCUT2D eigenvalue weighted by Crippen LogP contribution is 2.17. The summed E-state index contributed by atoms with van der Waals surface area (Å²) in [5.41, 5.74) is 2.45. The van der Waals surface area contributed by atoms with E-state index in [4.69, 9.17) is 0 Å². The largest absolute Gasteiger partial charge is 0.346 e. The van der Waals surface area contributed by atoms with Crippen LogP contribution in [0.5, 0.6) is 0 Å². The van der Waals surface area contributed by atoms with Crippen LogP contribution in [0.4, 0.5) is 5.69 Å².